The van der Waals surface area contributed by atoms with Gasteiger partial charge in [0.15, 0.2) is 0 Å². The number of hydrazine groups is 1. The molecule has 8 nitrogen and oxygen atoms in total. The molecule has 0 bridgehead atoms. The predicted molar refractivity (Wildman–Crippen MR) is 63.6 cm³/mol. The maximum atomic E-state index is 11.4. The standard InChI is InChI=1S/C11H15N3O5/c1-13(7-8-15)14(17)12-19-9-18-11(16)10-5-3-2-4-6-10/h2-6,15H,7-9H2,1H3/b14-12-. The van der Waals surface area contributed by atoms with E-state index in [1.165, 1.54) is 7.05 Å². The number of ether oxygens (including phenoxy) is 1. The summed E-state index contributed by atoms with van der Waals surface area (Å²) >= 11 is 0. The second-order valence-corrected chi connectivity index (χ2v) is 3.48. The van der Waals surface area contributed by atoms with E-state index in [2.05, 4.69) is 10.1 Å². The first-order chi connectivity index (χ1) is 9.15. The van der Waals surface area contributed by atoms with Crippen LogP contribution in [0.25, 0.3) is 0 Å². The number of aliphatic hydroxyl groups excluding tert-OH is 1. The van der Waals surface area contributed by atoms with Crippen molar-refractivity contribution in [3.05, 3.63) is 41.1 Å². The van der Waals surface area contributed by atoms with Crippen LogP contribution in [-0.2, 0) is 9.57 Å². The number of esters is 1. The Labute approximate surface area is 110 Å². The van der Waals surface area contributed by atoms with Gasteiger partial charge in [-0.25, -0.2) is 4.79 Å². The Hall–Kier alpha value is -2.35. The summed E-state index contributed by atoms with van der Waals surface area (Å²) in [4.78, 5) is 16.1. The molecule has 19 heavy (non-hydrogen) atoms. The zero-order chi connectivity index (χ0) is 14.1. The average Bonchev–Trinajstić information content (AvgIpc) is 2.44. The molecule has 0 saturated carbocycles. The van der Waals surface area contributed by atoms with Crippen LogP contribution in [0.1, 0.15) is 10.4 Å². The van der Waals surface area contributed by atoms with Crippen molar-refractivity contribution in [2.24, 2.45) is 5.28 Å². The first-order valence-corrected chi connectivity index (χ1v) is 5.49. The molecule has 104 valence electrons. The van der Waals surface area contributed by atoms with E-state index in [0.29, 0.717) is 5.56 Å². The van der Waals surface area contributed by atoms with Crippen LogP contribution in [-0.4, -0.2) is 48.0 Å². The number of aliphatic hydroxyl groups is 1. The van der Waals surface area contributed by atoms with E-state index in [1.807, 2.05) is 0 Å². The number of benzene rings is 1. The highest BCUT2D eigenvalue weighted by Crippen LogP contribution is 2.00. The van der Waals surface area contributed by atoms with Gasteiger partial charge in [-0.05, 0) is 12.1 Å². The normalized spacial score (nSPS) is 10.9. The highest BCUT2D eigenvalue weighted by atomic mass is 16.8. The smallest absolute Gasteiger partial charge is 0.341 e. The molecule has 1 N–H and O–H groups in total. The Bertz CT molecular complexity index is 424. The summed E-state index contributed by atoms with van der Waals surface area (Å²) in [6.45, 7) is -0.548. The highest BCUT2D eigenvalue weighted by Gasteiger charge is 2.07. The van der Waals surface area contributed by atoms with Gasteiger partial charge in [-0.2, -0.15) is 0 Å². The van der Waals surface area contributed by atoms with Crippen LogP contribution in [0.4, 0.5) is 0 Å². The van der Waals surface area contributed by atoms with Crippen molar-refractivity contribution in [1.82, 2.24) is 5.01 Å². The summed E-state index contributed by atoms with van der Waals surface area (Å²) in [6, 6.07) is 8.35. The Morgan fingerprint density at radius 1 is 1.47 bits per heavy atom. The van der Waals surface area contributed by atoms with Gasteiger partial charge in [0.2, 0.25) is 5.28 Å². The molecular formula is C11H15N3O5. The number of hydrogen-bond acceptors (Lipinski definition) is 6. The Morgan fingerprint density at radius 2 is 2.16 bits per heavy atom. The van der Waals surface area contributed by atoms with E-state index >= 15 is 0 Å². The summed E-state index contributed by atoms with van der Waals surface area (Å²) in [7, 11) is 1.42. The van der Waals surface area contributed by atoms with Crippen molar-refractivity contribution in [3.63, 3.8) is 0 Å². The zero-order valence-corrected chi connectivity index (χ0v) is 10.4. The minimum Gasteiger partial charge on any atom is -0.569 e. The second kappa shape index (κ2) is 7.88. The second-order valence-electron chi connectivity index (χ2n) is 3.48. The molecule has 8 heteroatoms. The van der Waals surface area contributed by atoms with Crippen molar-refractivity contribution < 1.29 is 24.4 Å². The fourth-order valence-corrected chi connectivity index (χ4v) is 1.10. The summed E-state index contributed by atoms with van der Waals surface area (Å²) < 4.78 is 4.73. The van der Waals surface area contributed by atoms with Gasteiger partial charge in [0, 0.05) is 0 Å². The number of hydrogen-bond donors (Lipinski definition) is 1. The molecule has 1 aromatic rings. The van der Waals surface area contributed by atoms with E-state index in [9.17, 15) is 10.0 Å². The lowest BCUT2D eigenvalue weighted by atomic mass is 10.2. The Balaban J connectivity index is 2.31. The van der Waals surface area contributed by atoms with Crippen molar-refractivity contribution in [2.75, 3.05) is 27.0 Å². The molecule has 0 aliphatic rings. The van der Waals surface area contributed by atoms with E-state index in [4.69, 9.17) is 9.84 Å². The molecule has 0 unspecified atom stereocenters. The fourth-order valence-electron chi connectivity index (χ4n) is 1.10. The summed E-state index contributed by atoms with van der Waals surface area (Å²) in [5.74, 6) is -0.572. The minimum atomic E-state index is -0.572. The molecule has 0 heterocycles. The largest absolute Gasteiger partial charge is 0.569 e. The first-order valence-electron chi connectivity index (χ1n) is 5.49. The maximum Gasteiger partial charge on any atom is 0.341 e. The lowest BCUT2D eigenvalue weighted by molar-refractivity contribution is -0.706. The molecule has 1 aromatic carbocycles. The van der Waals surface area contributed by atoms with Gasteiger partial charge < -0.3 is 19.9 Å². The third-order valence-electron chi connectivity index (χ3n) is 2.10. The molecule has 0 radical (unpaired) electrons. The summed E-state index contributed by atoms with van der Waals surface area (Å²) in [6.07, 6.45) is 0. The molecule has 0 spiro atoms. The van der Waals surface area contributed by atoms with Gasteiger partial charge in [-0.1, -0.05) is 18.2 Å². The van der Waals surface area contributed by atoms with E-state index < -0.39 is 12.8 Å². The van der Waals surface area contributed by atoms with Gasteiger partial charge in [-0.15, -0.1) is 5.01 Å². The van der Waals surface area contributed by atoms with Crippen molar-refractivity contribution in [2.45, 2.75) is 0 Å². The van der Waals surface area contributed by atoms with Gasteiger partial charge in [0.1, 0.15) is 0 Å². The van der Waals surface area contributed by atoms with Crippen LogP contribution < -0.4 is 0 Å². The molecule has 0 aliphatic carbocycles. The van der Waals surface area contributed by atoms with Crippen molar-refractivity contribution >= 4 is 5.97 Å². The van der Waals surface area contributed by atoms with Crippen LogP contribution in [0.5, 0.6) is 0 Å². The lowest BCUT2D eigenvalue weighted by Gasteiger charge is -2.10. The molecular weight excluding hydrogens is 254 g/mol. The van der Waals surface area contributed by atoms with Crippen LogP contribution in [0.3, 0.4) is 0 Å². The minimum absolute atomic E-state index is 0.111. The van der Waals surface area contributed by atoms with Gasteiger partial charge in [0.05, 0.1) is 30.7 Å². The fraction of sp³-hybridized carbons (Fsp3) is 0.364. The SMILES string of the molecule is CN(CCO)/[N+]([O-])=N/OCOC(=O)c1ccccc1. The molecule has 0 aliphatic heterocycles. The van der Waals surface area contributed by atoms with Crippen molar-refractivity contribution in [3.8, 4) is 0 Å². The molecule has 0 fully saturated rings. The van der Waals surface area contributed by atoms with Crippen LogP contribution in [0.2, 0.25) is 0 Å². The number of rotatable bonds is 7. The van der Waals surface area contributed by atoms with Crippen molar-refractivity contribution in [1.29, 1.82) is 0 Å². The molecule has 1 rings (SSSR count). The molecule has 0 atom stereocenters. The van der Waals surface area contributed by atoms with Crippen LogP contribution in [0, 0.1) is 5.21 Å². The first kappa shape index (κ1) is 14.7. The summed E-state index contributed by atoms with van der Waals surface area (Å²) in [5, 5.41) is 23.9. The Kier molecular flexibility index (Phi) is 6.10. The summed E-state index contributed by atoms with van der Waals surface area (Å²) in [5.41, 5.74) is 0.377. The topological polar surface area (TPSA) is 97.4 Å². The average molecular weight is 269 g/mol. The number of carbonyl (C=O) groups is 1. The molecule has 0 aromatic heterocycles. The molecule has 0 amide bonds. The monoisotopic (exact) mass is 269 g/mol. The quantitative estimate of drug-likeness (QED) is 0.194. The van der Waals surface area contributed by atoms with Gasteiger partial charge >= 0.3 is 5.97 Å². The number of likely N-dealkylation sites (N-methyl/N-ethyl adjacent to an activating group) is 1. The van der Waals surface area contributed by atoms with E-state index in [1.54, 1.807) is 30.3 Å². The maximum absolute atomic E-state index is 11.4. The number of nitrogens with zero attached hydrogens (tertiary/aromatic N) is 3. The highest BCUT2D eigenvalue weighted by molar-refractivity contribution is 5.89. The van der Waals surface area contributed by atoms with E-state index in [-0.39, 0.29) is 18.1 Å². The number of carbonyl (C=O) groups excluding carboxylic acids is 1. The van der Waals surface area contributed by atoms with Gasteiger partial charge in [-0.3, -0.25) is 0 Å². The van der Waals surface area contributed by atoms with E-state index in [0.717, 1.165) is 5.01 Å². The third-order valence-corrected chi connectivity index (χ3v) is 2.10. The Morgan fingerprint density at radius 3 is 2.79 bits per heavy atom. The lowest BCUT2D eigenvalue weighted by Crippen LogP contribution is -2.29. The zero-order valence-electron chi connectivity index (χ0n) is 10.4. The van der Waals surface area contributed by atoms with Crippen LogP contribution >= 0.6 is 0 Å². The third kappa shape index (κ3) is 5.21. The molecule has 0 saturated heterocycles. The predicted octanol–water partition coefficient (Wildman–Crippen LogP) is 0.534. The van der Waals surface area contributed by atoms with Gasteiger partial charge in [0.25, 0.3) is 6.79 Å². The van der Waals surface area contributed by atoms with Crippen LogP contribution in [0.15, 0.2) is 35.6 Å².